The summed E-state index contributed by atoms with van der Waals surface area (Å²) in [6, 6.07) is 0. The third-order valence-electron chi connectivity index (χ3n) is 0.692. The molecule has 50 valence electrons. The molecule has 0 radical (unpaired) electrons. The molecule has 4 nitrogen and oxygen atoms in total. The fourth-order valence-electron chi connectivity index (χ4n) is 0.250. The molecule has 0 atom stereocenters. The van der Waals surface area contributed by atoms with E-state index in [1.165, 1.54) is 12.2 Å². The predicted molar refractivity (Wildman–Crippen MR) is 38.6 cm³/mol. The molecule has 0 saturated heterocycles. The molecule has 0 aliphatic heterocycles. The van der Waals surface area contributed by atoms with Crippen molar-refractivity contribution in [3.8, 4) is 0 Å². The zero-order chi connectivity index (χ0) is 7.28. The van der Waals surface area contributed by atoms with Crippen molar-refractivity contribution in [1.82, 2.24) is 0 Å². The van der Waals surface area contributed by atoms with E-state index in [4.69, 9.17) is 16.9 Å². The van der Waals surface area contributed by atoms with Crippen LogP contribution in [0, 0.1) is 5.41 Å². The van der Waals surface area contributed by atoms with Gasteiger partial charge in [0.2, 0.25) is 0 Å². The van der Waals surface area contributed by atoms with Gasteiger partial charge < -0.3 is 11.5 Å². The minimum atomic E-state index is -0.0263. The minimum absolute atomic E-state index is 0.0263. The van der Waals surface area contributed by atoms with Crippen molar-refractivity contribution in [2.75, 3.05) is 7.05 Å². The second-order valence-electron chi connectivity index (χ2n) is 1.44. The SMILES string of the molecule is CN=C(N)/C=C\C(=N)N. The number of hydrogen-bond donors (Lipinski definition) is 3. The second-order valence-corrected chi connectivity index (χ2v) is 1.44. The van der Waals surface area contributed by atoms with Crippen LogP contribution in [-0.4, -0.2) is 18.7 Å². The smallest absolute Gasteiger partial charge is 0.118 e. The number of hydrogen-bond acceptors (Lipinski definition) is 2. The molecule has 0 bridgehead atoms. The number of nitrogens with one attached hydrogen (secondary N) is 1. The van der Waals surface area contributed by atoms with Gasteiger partial charge in [-0.2, -0.15) is 0 Å². The summed E-state index contributed by atoms with van der Waals surface area (Å²) in [6.07, 6.45) is 2.85. The van der Waals surface area contributed by atoms with E-state index in [0.29, 0.717) is 5.84 Å². The third kappa shape index (κ3) is 4.53. The highest BCUT2D eigenvalue weighted by Gasteiger charge is 1.79. The van der Waals surface area contributed by atoms with E-state index in [0.717, 1.165) is 0 Å². The monoisotopic (exact) mass is 126 g/mol. The summed E-state index contributed by atoms with van der Waals surface area (Å²) in [7, 11) is 1.57. The van der Waals surface area contributed by atoms with Crippen LogP contribution in [0.4, 0.5) is 0 Å². The lowest BCUT2D eigenvalue weighted by atomic mass is 10.4. The average Bonchev–Trinajstić information content (AvgIpc) is 1.83. The second kappa shape index (κ2) is 3.65. The number of amidine groups is 2. The van der Waals surface area contributed by atoms with Crippen LogP contribution in [0.5, 0.6) is 0 Å². The molecule has 0 saturated carbocycles. The predicted octanol–water partition coefficient (Wildman–Crippen LogP) is -0.534. The first-order chi connectivity index (χ1) is 4.16. The third-order valence-corrected chi connectivity index (χ3v) is 0.692. The van der Waals surface area contributed by atoms with Gasteiger partial charge in [0.05, 0.1) is 0 Å². The normalized spacial score (nSPS) is 12.3. The molecule has 0 aliphatic rings. The Morgan fingerprint density at radius 1 is 1.44 bits per heavy atom. The minimum Gasteiger partial charge on any atom is -0.384 e. The van der Waals surface area contributed by atoms with E-state index in [2.05, 4.69) is 4.99 Å². The molecule has 0 rings (SSSR count). The quantitative estimate of drug-likeness (QED) is 0.343. The van der Waals surface area contributed by atoms with E-state index >= 15 is 0 Å². The van der Waals surface area contributed by atoms with Crippen molar-refractivity contribution >= 4 is 11.7 Å². The molecule has 0 amide bonds. The number of rotatable bonds is 2. The standard InChI is InChI=1S/C5H10N4/c1-9-5(8)3-2-4(6)7/h2-3H,1H3,(H3,6,7)(H2,8,9)/b3-2-. The summed E-state index contributed by atoms with van der Waals surface area (Å²) >= 11 is 0. The van der Waals surface area contributed by atoms with Crippen molar-refractivity contribution in [3.63, 3.8) is 0 Å². The van der Waals surface area contributed by atoms with Crippen LogP contribution >= 0.6 is 0 Å². The summed E-state index contributed by atoms with van der Waals surface area (Å²) in [5.41, 5.74) is 10.2. The maximum absolute atomic E-state index is 6.74. The van der Waals surface area contributed by atoms with Crippen LogP contribution in [-0.2, 0) is 0 Å². The van der Waals surface area contributed by atoms with Crippen LogP contribution in [0.2, 0.25) is 0 Å². The fraction of sp³-hybridized carbons (Fsp3) is 0.200. The first-order valence-corrected chi connectivity index (χ1v) is 2.41. The zero-order valence-electron chi connectivity index (χ0n) is 5.26. The largest absolute Gasteiger partial charge is 0.384 e. The maximum Gasteiger partial charge on any atom is 0.118 e. The molecule has 0 heterocycles. The number of aliphatic imine (C=N–C) groups is 1. The summed E-state index contributed by atoms with van der Waals surface area (Å²) in [5, 5.41) is 6.74. The van der Waals surface area contributed by atoms with Gasteiger partial charge in [-0.3, -0.25) is 10.4 Å². The Balaban J connectivity index is 3.86. The summed E-state index contributed by atoms with van der Waals surface area (Å²) in [6.45, 7) is 0. The topological polar surface area (TPSA) is 88.2 Å². The van der Waals surface area contributed by atoms with Gasteiger partial charge in [-0.05, 0) is 12.2 Å². The highest BCUT2D eigenvalue weighted by atomic mass is 14.8. The fourth-order valence-corrected chi connectivity index (χ4v) is 0.250. The van der Waals surface area contributed by atoms with Crippen molar-refractivity contribution in [2.24, 2.45) is 16.5 Å². The molecule has 4 heteroatoms. The van der Waals surface area contributed by atoms with Gasteiger partial charge in [-0.15, -0.1) is 0 Å². The highest BCUT2D eigenvalue weighted by molar-refractivity contribution is 5.98. The zero-order valence-corrected chi connectivity index (χ0v) is 5.26. The van der Waals surface area contributed by atoms with Gasteiger partial charge in [-0.1, -0.05) is 0 Å². The molecule has 9 heavy (non-hydrogen) atoms. The first-order valence-electron chi connectivity index (χ1n) is 2.41. The Labute approximate surface area is 53.8 Å². The van der Waals surface area contributed by atoms with Gasteiger partial charge in [0.1, 0.15) is 11.7 Å². The number of nitrogens with two attached hydrogens (primary N) is 2. The molecule has 0 aromatic rings. The Kier molecular flexibility index (Phi) is 3.12. The lowest BCUT2D eigenvalue weighted by Gasteiger charge is -1.85. The summed E-state index contributed by atoms with van der Waals surface area (Å²) in [5.74, 6) is 0.340. The Bertz CT molecular complexity index is 156. The first kappa shape index (κ1) is 7.68. The molecule has 0 spiro atoms. The maximum atomic E-state index is 6.74. The Hall–Kier alpha value is -1.32. The van der Waals surface area contributed by atoms with Crippen LogP contribution in [0.25, 0.3) is 0 Å². The van der Waals surface area contributed by atoms with Gasteiger partial charge in [0, 0.05) is 7.05 Å². The molecule has 0 fully saturated rings. The van der Waals surface area contributed by atoms with Crippen LogP contribution in [0.3, 0.4) is 0 Å². The van der Waals surface area contributed by atoms with Crippen LogP contribution < -0.4 is 11.5 Å². The van der Waals surface area contributed by atoms with Crippen LogP contribution in [0.1, 0.15) is 0 Å². The lowest BCUT2D eigenvalue weighted by Crippen LogP contribution is -2.10. The van der Waals surface area contributed by atoms with Gasteiger partial charge >= 0.3 is 0 Å². The molecule has 0 aliphatic carbocycles. The van der Waals surface area contributed by atoms with Gasteiger partial charge in [-0.25, -0.2) is 0 Å². The van der Waals surface area contributed by atoms with Crippen molar-refractivity contribution in [3.05, 3.63) is 12.2 Å². The molecule has 0 aromatic carbocycles. The van der Waals surface area contributed by atoms with E-state index < -0.39 is 0 Å². The van der Waals surface area contributed by atoms with E-state index in [-0.39, 0.29) is 5.84 Å². The van der Waals surface area contributed by atoms with Crippen molar-refractivity contribution in [2.45, 2.75) is 0 Å². The van der Waals surface area contributed by atoms with Gasteiger partial charge in [0.15, 0.2) is 0 Å². The van der Waals surface area contributed by atoms with E-state index in [1.54, 1.807) is 7.05 Å². The Morgan fingerprint density at radius 2 is 2.00 bits per heavy atom. The summed E-state index contributed by atoms with van der Waals surface area (Å²) in [4.78, 5) is 3.62. The highest BCUT2D eigenvalue weighted by Crippen LogP contribution is 1.71. The molecule has 5 N–H and O–H groups in total. The van der Waals surface area contributed by atoms with Crippen molar-refractivity contribution in [1.29, 1.82) is 5.41 Å². The van der Waals surface area contributed by atoms with E-state index in [9.17, 15) is 0 Å². The van der Waals surface area contributed by atoms with Crippen LogP contribution in [0.15, 0.2) is 17.1 Å². The molecule has 0 unspecified atom stereocenters. The average molecular weight is 126 g/mol. The lowest BCUT2D eigenvalue weighted by molar-refractivity contribution is 1.41. The van der Waals surface area contributed by atoms with Gasteiger partial charge in [0.25, 0.3) is 0 Å². The Morgan fingerprint density at radius 3 is 2.33 bits per heavy atom. The van der Waals surface area contributed by atoms with E-state index in [1.807, 2.05) is 0 Å². The van der Waals surface area contributed by atoms with Crippen molar-refractivity contribution < 1.29 is 0 Å². The molecular weight excluding hydrogens is 116 g/mol. The number of nitrogens with zero attached hydrogens (tertiary/aromatic N) is 1. The molecule has 0 aromatic heterocycles. The summed E-state index contributed by atoms with van der Waals surface area (Å²) < 4.78 is 0. The molecular formula is C5H10N4.